The lowest BCUT2D eigenvalue weighted by molar-refractivity contribution is -0.123. The zero-order valence-electron chi connectivity index (χ0n) is 9.21. The maximum Gasteiger partial charge on any atom is 0.257 e. The van der Waals surface area contributed by atoms with Crippen molar-refractivity contribution in [2.45, 2.75) is 12.8 Å². The molecule has 0 unspecified atom stereocenters. The maximum atomic E-state index is 11.4. The van der Waals surface area contributed by atoms with Crippen molar-refractivity contribution in [3.63, 3.8) is 0 Å². The predicted molar refractivity (Wildman–Crippen MR) is 67.7 cm³/mol. The second-order valence-electron chi connectivity index (χ2n) is 4.09. The first-order valence-corrected chi connectivity index (χ1v) is 6.26. The molecule has 0 spiro atoms. The van der Waals surface area contributed by atoms with E-state index in [0.717, 1.165) is 6.54 Å². The molecule has 0 aromatic heterocycles. The molecule has 1 aliphatic carbocycles. The number of rotatable bonds is 5. The lowest BCUT2D eigenvalue weighted by atomic mass is 10.3. The third kappa shape index (κ3) is 3.79. The summed E-state index contributed by atoms with van der Waals surface area (Å²) in [6, 6.07) is 5.08. The number of amides is 1. The SMILES string of the molecule is O=C(COc1cccc(Cl)c1Cl)NCC1CC1. The summed E-state index contributed by atoms with van der Waals surface area (Å²) in [5, 5.41) is 3.57. The van der Waals surface area contributed by atoms with Crippen LogP contribution >= 0.6 is 23.2 Å². The van der Waals surface area contributed by atoms with Crippen LogP contribution < -0.4 is 10.1 Å². The molecule has 3 nitrogen and oxygen atoms in total. The summed E-state index contributed by atoms with van der Waals surface area (Å²) >= 11 is 11.8. The van der Waals surface area contributed by atoms with Gasteiger partial charge in [-0.1, -0.05) is 29.3 Å². The van der Waals surface area contributed by atoms with E-state index in [1.807, 2.05) is 0 Å². The molecule has 0 heterocycles. The molecule has 0 saturated heterocycles. The van der Waals surface area contributed by atoms with Crippen LogP contribution in [0.3, 0.4) is 0 Å². The van der Waals surface area contributed by atoms with Crippen LogP contribution in [0.2, 0.25) is 10.0 Å². The van der Waals surface area contributed by atoms with Gasteiger partial charge in [0.25, 0.3) is 5.91 Å². The molecule has 92 valence electrons. The molecule has 1 aromatic rings. The Morgan fingerprint density at radius 1 is 1.41 bits per heavy atom. The first-order chi connectivity index (χ1) is 8.16. The van der Waals surface area contributed by atoms with Crippen LogP contribution in [-0.4, -0.2) is 19.1 Å². The van der Waals surface area contributed by atoms with Crippen molar-refractivity contribution in [2.24, 2.45) is 5.92 Å². The number of hydrogen-bond acceptors (Lipinski definition) is 2. The van der Waals surface area contributed by atoms with Gasteiger partial charge >= 0.3 is 0 Å². The highest BCUT2D eigenvalue weighted by molar-refractivity contribution is 6.42. The van der Waals surface area contributed by atoms with Gasteiger partial charge in [0, 0.05) is 6.54 Å². The molecule has 1 amide bonds. The summed E-state index contributed by atoms with van der Waals surface area (Å²) in [7, 11) is 0. The quantitative estimate of drug-likeness (QED) is 0.896. The molecule has 1 saturated carbocycles. The monoisotopic (exact) mass is 273 g/mol. The van der Waals surface area contributed by atoms with Gasteiger partial charge in [0.2, 0.25) is 0 Å². The smallest absolute Gasteiger partial charge is 0.257 e. The fourth-order valence-electron chi connectivity index (χ4n) is 1.37. The van der Waals surface area contributed by atoms with E-state index in [2.05, 4.69) is 5.32 Å². The van der Waals surface area contributed by atoms with E-state index >= 15 is 0 Å². The van der Waals surface area contributed by atoms with E-state index in [0.29, 0.717) is 21.7 Å². The molecule has 17 heavy (non-hydrogen) atoms. The van der Waals surface area contributed by atoms with Crippen LogP contribution in [0.5, 0.6) is 5.75 Å². The highest BCUT2D eigenvalue weighted by Gasteiger charge is 2.21. The second kappa shape index (κ2) is 5.61. The molecule has 1 fully saturated rings. The Balaban J connectivity index is 1.79. The Morgan fingerprint density at radius 2 is 2.18 bits per heavy atom. The molecule has 0 atom stereocenters. The summed E-state index contributed by atoms with van der Waals surface area (Å²) in [5.41, 5.74) is 0. The van der Waals surface area contributed by atoms with E-state index in [9.17, 15) is 4.79 Å². The van der Waals surface area contributed by atoms with Crippen LogP contribution in [0.15, 0.2) is 18.2 Å². The lowest BCUT2D eigenvalue weighted by Crippen LogP contribution is -2.30. The third-order valence-electron chi connectivity index (χ3n) is 2.56. The minimum atomic E-state index is -0.132. The van der Waals surface area contributed by atoms with Gasteiger partial charge < -0.3 is 10.1 Å². The molecular formula is C12H13Cl2NO2. The van der Waals surface area contributed by atoms with E-state index < -0.39 is 0 Å². The Morgan fingerprint density at radius 3 is 2.88 bits per heavy atom. The minimum absolute atomic E-state index is 0.0349. The van der Waals surface area contributed by atoms with Gasteiger partial charge in [0.05, 0.1) is 5.02 Å². The average Bonchev–Trinajstić information content (AvgIpc) is 3.12. The first-order valence-electron chi connectivity index (χ1n) is 5.50. The van der Waals surface area contributed by atoms with Gasteiger partial charge in [-0.3, -0.25) is 4.79 Å². The van der Waals surface area contributed by atoms with Crippen molar-refractivity contribution in [2.75, 3.05) is 13.2 Å². The predicted octanol–water partition coefficient (Wildman–Crippen LogP) is 2.90. The molecule has 1 aliphatic rings. The van der Waals surface area contributed by atoms with Crippen molar-refractivity contribution in [1.29, 1.82) is 0 Å². The van der Waals surface area contributed by atoms with Crippen LogP contribution in [-0.2, 0) is 4.79 Å². The Bertz CT molecular complexity index is 419. The minimum Gasteiger partial charge on any atom is -0.482 e. The normalized spacial score (nSPS) is 14.5. The van der Waals surface area contributed by atoms with Crippen LogP contribution in [0.4, 0.5) is 0 Å². The Hall–Kier alpha value is -0.930. The largest absolute Gasteiger partial charge is 0.482 e. The summed E-state index contributed by atoms with van der Waals surface area (Å²) < 4.78 is 5.30. The van der Waals surface area contributed by atoms with Gasteiger partial charge in [-0.05, 0) is 30.9 Å². The number of benzene rings is 1. The van der Waals surface area contributed by atoms with Crippen molar-refractivity contribution in [1.82, 2.24) is 5.32 Å². The van der Waals surface area contributed by atoms with Crippen molar-refractivity contribution in [3.8, 4) is 5.75 Å². The number of carbonyl (C=O) groups excluding carboxylic acids is 1. The molecule has 5 heteroatoms. The van der Waals surface area contributed by atoms with Crippen LogP contribution in [0.25, 0.3) is 0 Å². The standard InChI is InChI=1S/C12H13Cl2NO2/c13-9-2-1-3-10(12(9)14)17-7-11(16)15-6-8-4-5-8/h1-3,8H,4-7H2,(H,15,16). The summed E-state index contributed by atoms with van der Waals surface area (Å²) in [6.07, 6.45) is 2.42. The van der Waals surface area contributed by atoms with Crippen LogP contribution in [0, 0.1) is 5.92 Å². The van der Waals surface area contributed by atoms with Gasteiger partial charge in [-0.15, -0.1) is 0 Å². The molecular weight excluding hydrogens is 261 g/mol. The zero-order valence-corrected chi connectivity index (χ0v) is 10.7. The molecule has 2 rings (SSSR count). The van der Waals surface area contributed by atoms with Gasteiger partial charge in [0.1, 0.15) is 10.8 Å². The maximum absolute atomic E-state index is 11.4. The number of nitrogens with one attached hydrogen (secondary N) is 1. The molecule has 1 aromatic carbocycles. The first kappa shape index (κ1) is 12.5. The summed E-state index contributed by atoms with van der Waals surface area (Å²) in [4.78, 5) is 11.4. The van der Waals surface area contributed by atoms with Crippen molar-refractivity contribution >= 4 is 29.1 Å². The Kier molecular flexibility index (Phi) is 4.13. The molecule has 1 N–H and O–H groups in total. The molecule has 0 radical (unpaired) electrons. The van der Waals surface area contributed by atoms with Gasteiger partial charge in [-0.2, -0.15) is 0 Å². The topological polar surface area (TPSA) is 38.3 Å². The number of ether oxygens (including phenoxy) is 1. The third-order valence-corrected chi connectivity index (χ3v) is 3.36. The number of hydrogen-bond donors (Lipinski definition) is 1. The van der Waals surface area contributed by atoms with E-state index in [1.54, 1.807) is 18.2 Å². The Labute approximate surface area is 110 Å². The van der Waals surface area contributed by atoms with Crippen molar-refractivity contribution in [3.05, 3.63) is 28.2 Å². The lowest BCUT2D eigenvalue weighted by Gasteiger charge is -2.08. The van der Waals surface area contributed by atoms with E-state index in [-0.39, 0.29) is 12.5 Å². The highest BCUT2D eigenvalue weighted by atomic mass is 35.5. The molecule has 0 aliphatic heterocycles. The fraction of sp³-hybridized carbons (Fsp3) is 0.417. The van der Waals surface area contributed by atoms with Gasteiger partial charge in [-0.25, -0.2) is 0 Å². The summed E-state index contributed by atoms with van der Waals surface area (Å²) in [5.74, 6) is 0.961. The fourth-order valence-corrected chi connectivity index (χ4v) is 1.72. The number of halogens is 2. The van der Waals surface area contributed by atoms with Crippen LogP contribution in [0.1, 0.15) is 12.8 Å². The average molecular weight is 274 g/mol. The summed E-state index contributed by atoms with van der Waals surface area (Å²) in [6.45, 7) is 0.707. The number of carbonyl (C=O) groups is 1. The van der Waals surface area contributed by atoms with Crippen molar-refractivity contribution < 1.29 is 9.53 Å². The van der Waals surface area contributed by atoms with Gasteiger partial charge in [0.15, 0.2) is 6.61 Å². The second-order valence-corrected chi connectivity index (χ2v) is 4.87. The zero-order chi connectivity index (χ0) is 12.3. The highest BCUT2D eigenvalue weighted by Crippen LogP contribution is 2.31. The van der Waals surface area contributed by atoms with E-state index in [4.69, 9.17) is 27.9 Å². The molecule has 0 bridgehead atoms. The van der Waals surface area contributed by atoms with E-state index in [1.165, 1.54) is 12.8 Å².